The highest BCUT2D eigenvalue weighted by Crippen LogP contribution is 2.26. The first-order valence-electron chi connectivity index (χ1n) is 6.40. The van der Waals surface area contributed by atoms with Crippen LogP contribution in [0.2, 0.25) is 5.02 Å². The van der Waals surface area contributed by atoms with E-state index in [1.807, 2.05) is 38.1 Å². The van der Waals surface area contributed by atoms with Gasteiger partial charge in [0.05, 0.1) is 10.7 Å². The quantitative estimate of drug-likeness (QED) is 0.843. The van der Waals surface area contributed by atoms with Crippen molar-refractivity contribution in [2.24, 2.45) is 0 Å². The third-order valence-corrected chi connectivity index (χ3v) is 4.02. The predicted molar refractivity (Wildman–Crippen MR) is 85.6 cm³/mol. The summed E-state index contributed by atoms with van der Waals surface area (Å²) in [5.41, 5.74) is 1.91. The second-order valence-electron chi connectivity index (χ2n) is 4.37. The van der Waals surface area contributed by atoms with Crippen molar-refractivity contribution >= 4 is 27.5 Å². The Bertz CT molecular complexity index is 604. The second kappa shape index (κ2) is 7.07. The van der Waals surface area contributed by atoms with Crippen LogP contribution >= 0.6 is 27.5 Å². The first kappa shape index (κ1) is 15.3. The van der Waals surface area contributed by atoms with E-state index in [9.17, 15) is 0 Å². The molecule has 0 aliphatic heterocycles. The Morgan fingerprint density at radius 2 is 2.10 bits per heavy atom. The maximum Gasteiger partial charge on any atom is 0.219 e. The monoisotopic (exact) mass is 354 g/mol. The van der Waals surface area contributed by atoms with E-state index in [0.717, 1.165) is 28.0 Å². The highest BCUT2D eigenvalue weighted by Gasteiger charge is 2.06. The lowest BCUT2D eigenvalue weighted by Gasteiger charge is -2.09. The first-order valence-corrected chi connectivity index (χ1v) is 7.57. The van der Waals surface area contributed by atoms with Gasteiger partial charge in [-0.3, -0.25) is 0 Å². The zero-order valence-electron chi connectivity index (χ0n) is 11.4. The molecule has 0 spiro atoms. The summed E-state index contributed by atoms with van der Waals surface area (Å²) in [5, 5.41) is 3.85. The van der Waals surface area contributed by atoms with Gasteiger partial charge in [0.15, 0.2) is 0 Å². The van der Waals surface area contributed by atoms with E-state index in [1.54, 1.807) is 6.07 Å². The van der Waals surface area contributed by atoms with Gasteiger partial charge in [-0.2, -0.15) is 0 Å². The molecule has 3 nitrogen and oxygen atoms in total. The molecule has 0 atom stereocenters. The summed E-state index contributed by atoms with van der Waals surface area (Å²) in [7, 11) is 0. The van der Waals surface area contributed by atoms with Gasteiger partial charge in [-0.25, -0.2) is 4.98 Å². The van der Waals surface area contributed by atoms with E-state index >= 15 is 0 Å². The van der Waals surface area contributed by atoms with Crippen LogP contribution in [-0.4, -0.2) is 11.5 Å². The number of rotatable bonds is 5. The molecule has 0 aliphatic rings. The van der Waals surface area contributed by atoms with Gasteiger partial charge in [0.2, 0.25) is 5.88 Å². The molecule has 1 N–H and O–H groups in total. The standard InChI is InChI=1S/C15H16BrClN2O/c1-3-18-9-14-13(17)6-7-15(19-14)20-11-4-5-12(16)10(2)8-11/h4-8,18H,3,9H2,1-2H3. The summed E-state index contributed by atoms with van der Waals surface area (Å²) in [5.74, 6) is 1.30. The Hall–Kier alpha value is -1.10. The van der Waals surface area contributed by atoms with Gasteiger partial charge in [-0.1, -0.05) is 34.5 Å². The minimum absolute atomic E-state index is 0.545. The van der Waals surface area contributed by atoms with Crippen LogP contribution in [-0.2, 0) is 6.54 Å². The van der Waals surface area contributed by atoms with Crippen LogP contribution in [0.1, 0.15) is 18.2 Å². The molecular formula is C15H16BrClN2O. The van der Waals surface area contributed by atoms with Crippen LogP contribution in [0.15, 0.2) is 34.8 Å². The molecular weight excluding hydrogens is 340 g/mol. The fourth-order valence-corrected chi connectivity index (χ4v) is 2.11. The Balaban J connectivity index is 2.18. The number of hydrogen-bond acceptors (Lipinski definition) is 3. The van der Waals surface area contributed by atoms with Crippen molar-refractivity contribution in [2.75, 3.05) is 6.54 Å². The molecule has 0 amide bonds. The molecule has 0 radical (unpaired) electrons. The molecule has 0 saturated carbocycles. The minimum Gasteiger partial charge on any atom is -0.439 e. The third-order valence-electron chi connectivity index (χ3n) is 2.79. The molecule has 0 saturated heterocycles. The smallest absolute Gasteiger partial charge is 0.219 e. The van der Waals surface area contributed by atoms with E-state index in [4.69, 9.17) is 16.3 Å². The summed E-state index contributed by atoms with van der Waals surface area (Å²) >= 11 is 9.58. The van der Waals surface area contributed by atoms with E-state index in [1.165, 1.54) is 0 Å². The largest absolute Gasteiger partial charge is 0.439 e. The number of ether oxygens (including phenoxy) is 1. The molecule has 2 rings (SSSR count). The van der Waals surface area contributed by atoms with Crippen molar-refractivity contribution in [3.8, 4) is 11.6 Å². The number of halogens is 2. The van der Waals surface area contributed by atoms with Crippen LogP contribution in [0.25, 0.3) is 0 Å². The molecule has 0 unspecified atom stereocenters. The van der Waals surface area contributed by atoms with E-state index in [-0.39, 0.29) is 0 Å². The molecule has 2 aromatic rings. The van der Waals surface area contributed by atoms with Crippen molar-refractivity contribution in [3.63, 3.8) is 0 Å². The lowest BCUT2D eigenvalue weighted by atomic mass is 10.2. The zero-order chi connectivity index (χ0) is 14.5. The molecule has 20 heavy (non-hydrogen) atoms. The number of nitrogens with one attached hydrogen (secondary N) is 1. The van der Waals surface area contributed by atoms with Crippen LogP contribution in [0.3, 0.4) is 0 Å². The molecule has 5 heteroatoms. The predicted octanol–water partition coefficient (Wildman–Crippen LogP) is 4.71. The lowest BCUT2D eigenvalue weighted by Crippen LogP contribution is -2.13. The number of aryl methyl sites for hydroxylation is 1. The minimum atomic E-state index is 0.545. The average Bonchev–Trinajstić information content (AvgIpc) is 2.43. The van der Waals surface area contributed by atoms with Crippen molar-refractivity contribution in [3.05, 3.63) is 51.1 Å². The molecule has 0 fully saturated rings. The fourth-order valence-electron chi connectivity index (χ4n) is 1.69. The van der Waals surface area contributed by atoms with Gasteiger partial charge in [-0.15, -0.1) is 0 Å². The van der Waals surface area contributed by atoms with E-state index in [0.29, 0.717) is 17.4 Å². The molecule has 1 aromatic heterocycles. The zero-order valence-corrected chi connectivity index (χ0v) is 13.8. The lowest BCUT2D eigenvalue weighted by molar-refractivity contribution is 0.459. The van der Waals surface area contributed by atoms with Gasteiger partial charge in [0.1, 0.15) is 5.75 Å². The number of nitrogens with zero attached hydrogens (tertiary/aromatic N) is 1. The SMILES string of the molecule is CCNCc1nc(Oc2ccc(Br)c(C)c2)ccc1Cl. The van der Waals surface area contributed by atoms with Crippen molar-refractivity contribution in [1.29, 1.82) is 0 Å². The van der Waals surface area contributed by atoms with Gasteiger partial charge in [-0.05, 0) is 43.3 Å². The van der Waals surface area contributed by atoms with Gasteiger partial charge in [0.25, 0.3) is 0 Å². The highest BCUT2D eigenvalue weighted by molar-refractivity contribution is 9.10. The summed E-state index contributed by atoms with van der Waals surface area (Å²) in [6, 6.07) is 9.40. The van der Waals surface area contributed by atoms with E-state index < -0.39 is 0 Å². The van der Waals surface area contributed by atoms with Crippen molar-refractivity contribution < 1.29 is 4.74 Å². The van der Waals surface area contributed by atoms with Crippen LogP contribution in [0.4, 0.5) is 0 Å². The molecule has 106 valence electrons. The Morgan fingerprint density at radius 1 is 1.30 bits per heavy atom. The Kier molecular flexibility index (Phi) is 5.40. The van der Waals surface area contributed by atoms with Crippen LogP contribution < -0.4 is 10.1 Å². The molecule has 0 bridgehead atoms. The molecule has 1 aromatic carbocycles. The second-order valence-corrected chi connectivity index (χ2v) is 5.63. The average molecular weight is 356 g/mol. The van der Waals surface area contributed by atoms with E-state index in [2.05, 4.69) is 26.2 Å². The van der Waals surface area contributed by atoms with Gasteiger partial charge < -0.3 is 10.1 Å². The third kappa shape index (κ3) is 3.95. The normalized spacial score (nSPS) is 10.6. The summed E-state index contributed by atoms with van der Waals surface area (Å²) < 4.78 is 6.83. The summed E-state index contributed by atoms with van der Waals surface area (Å²) in [6.45, 7) is 5.56. The highest BCUT2D eigenvalue weighted by atomic mass is 79.9. The first-order chi connectivity index (χ1) is 9.60. The summed E-state index contributed by atoms with van der Waals surface area (Å²) in [4.78, 5) is 4.43. The number of pyridine rings is 1. The Labute approximate surface area is 132 Å². The van der Waals surface area contributed by atoms with Crippen LogP contribution in [0, 0.1) is 6.92 Å². The van der Waals surface area contributed by atoms with Gasteiger partial charge >= 0.3 is 0 Å². The van der Waals surface area contributed by atoms with Crippen LogP contribution in [0.5, 0.6) is 11.6 Å². The maximum absolute atomic E-state index is 6.12. The number of hydrogen-bond donors (Lipinski definition) is 1. The van der Waals surface area contributed by atoms with Gasteiger partial charge in [0, 0.05) is 17.1 Å². The molecule has 0 aliphatic carbocycles. The molecule has 1 heterocycles. The maximum atomic E-state index is 6.12. The Morgan fingerprint density at radius 3 is 2.80 bits per heavy atom. The summed E-state index contributed by atoms with van der Waals surface area (Å²) in [6.07, 6.45) is 0. The van der Waals surface area contributed by atoms with Crippen molar-refractivity contribution in [2.45, 2.75) is 20.4 Å². The topological polar surface area (TPSA) is 34.2 Å². The fraction of sp³-hybridized carbons (Fsp3) is 0.267. The number of aromatic nitrogens is 1. The number of benzene rings is 1. The van der Waals surface area contributed by atoms with Crippen molar-refractivity contribution in [1.82, 2.24) is 10.3 Å².